The molecule has 1 atom stereocenters. The van der Waals surface area contributed by atoms with Crippen LogP contribution in [0, 0.1) is 6.92 Å². The summed E-state index contributed by atoms with van der Waals surface area (Å²) >= 11 is 0. The van der Waals surface area contributed by atoms with E-state index in [1.807, 2.05) is 19.9 Å². The lowest BCUT2D eigenvalue weighted by Gasteiger charge is -2.34. The fourth-order valence-electron chi connectivity index (χ4n) is 5.51. The van der Waals surface area contributed by atoms with Gasteiger partial charge in [0.2, 0.25) is 0 Å². The largest absolute Gasteiger partial charge is 0.489 e. The van der Waals surface area contributed by atoms with E-state index < -0.39 is 5.60 Å². The second-order valence-electron chi connectivity index (χ2n) is 10.5. The van der Waals surface area contributed by atoms with Crippen LogP contribution >= 0.6 is 0 Å². The van der Waals surface area contributed by atoms with Crippen LogP contribution in [0.25, 0.3) is 6.08 Å². The lowest BCUT2D eigenvalue weighted by Crippen LogP contribution is -2.26. The molecule has 37 heavy (non-hydrogen) atoms. The molecule has 1 heterocycles. The second kappa shape index (κ2) is 12.8. The number of esters is 1. The molecule has 0 aliphatic carbocycles. The van der Waals surface area contributed by atoms with Gasteiger partial charge in [-0.25, -0.2) is 0 Å². The number of hydrogen-bond acceptors (Lipinski definition) is 4. The van der Waals surface area contributed by atoms with E-state index in [1.54, 1.807) is 0 Å². The Morgan fingerprint density at radius 1 is 1.00 bits per heavy atom. The molecule has 0 amide bonds. The van der Waals surface area contributed by atoms with Gasteiger partial charge in [-0.3, -0.25) is 4.79 Å². The van der Waals surface area contributed by atoms with E-state index >= 15 is 0 Å². The molecule has 0 bridgehead atoms. The lowest BCUT2D eigenvalue weighted by molar-refractivity contribution is -0.142. The Bertz CT molecular complexity index is 1080. The first-order valence-corrected chi connectivity index (χ1v) is 14.2. The molecule has 4 heteroatoms. The summed E-state index contributed by atoms with van der Waals surface area (Å²) in [5.41, 5.74) is 5.42. The molecule has 1 saturated heterocycles. The topological polar surface area (TPSA) is 55.8 Å². The van der Waals surface area contributed by atoms with Crippen LogP contribution < -0.4 is 4.74 Å². The summed E-state index contributed by atoms with van der Waals surface area (Å²) in [6.45, 7) is 13.3. The van der Waals surface area contributed by atoms with Gasteiger partial charge in [-0.1, -0.05) is 83.5 Å². The van der Waals surface area contributed by atoms with Crippen molar-refractivity contribution in [3.8, 4) is 5.75 Å². The molecular formula is C33H46O4. The molecule has 2 aromatic rings. The number of rotatable bonds is 13. The molecule has 0 unspecified atom stereocenters. The quantitative estimate of drug-likeness (QED) is 0.283. The number of cyclic esters (lactones) is 1. The van der Waals surface area contributed by atoms with Crippen LogP contribution in [-0.2, 0) is 21.4 Å². The van der Waals surface area contributed by atoms with Crippen LogP contribution in [0.1, 0.15) is 107 Å². The summed E-state index contributed by atoms with van der Waals surface area (Å²) in [6, 6.07) is 13.4. The van der Waals surface area contributed by atoms with Crippen LogP contribution in [0.15, 0.2) is 42.5 Å². The summed E-state index contributed by atoms with van der Waals surface area (Å²) in [4.78, 5) is 11.4. The Balaban J connectivity index is 1.92. The van der Waals surface area contributed by atoms with Crippen LogP contribution in [0.3, 0.4) is 0 Å². The fraction of sp³-hybridized carbons (Fsp3) is 0.545. The molecule has 4 nitrogen and oxygen atoms in total. The van der Waals surface area contributed by atoms with Gasteiger partial charge >= 0.3 is 5.97 Å². The average Bonchev–Trinajstić information content (AvgIpc) is 3.33. The predicted octanol–water partition coefficient (Wildman–Crippen LogP) is 7.70. The van der Waals surface area contributed by atoms with E-state index in [9.17, 15) is 9.90 Å². The SMILES string of the molecule is CCCc1cc(C(CC)(CC)c2ccc(OC[C@@H]3CCC(=O)O3)c(C)c2)ccc1/C=C/C(O)(CC)CC. The first-order valence-electron chi connectivity index (χ1n) is 14.2. The number of benzene rings is 2. The van der Waals surface area contributed by atoms with Gasteiger partial charge in [-0.2, -0.15) is 0 Å². The molecule has 0 radical (unpaired) electrons. The maximum Gasteiger partial charge on any atom is 0.306 e. The molecule has 0 aromatic heterocycles. The number of carbonyl (C=O) groups excluding carboxylic acids is 1. The molecule has 202 valence electrons. The number of aryl methyl sites for hydroxylation is 2. The minimum Gasteiger partial charge on any atom is -0.489 e. The molecule has 1 N–H and O–H groups in total. The zero-order valence-corrected chi connectivity index (χ0v) is 23.7. The smallest absolute Gasteiger partial charge is 0.306 e. The zero-order valence-electron chi connectivity index (χ0n) is 23.7. The van der Waals surface area contributed by atoms with Gasteiger partial charge in [-0.05, 0) is 79.3 Å². The highest BCUT2D eigenvalue weighted by Gasteiger charge is 2.32. The normalized spacial score (nSPS) is 16.4. The van der Waals surface area contributed by atoms with Crippen LogP contribution in [0.4, 0.5) is 0 Å². The van der Waals surface area contributed by atoms with Crippen molar-refractivity contribution in [1.82, 2.24) is 0 Å². The fourth-order valence-corrected chi connectivity index (χ4v) is 5.51. The Morgan fingerprint density at radius 3 is 2.24 bits per heavy atom. The molecule has 0 saturated carbocycles. The summed E-state index contributed by atoms with van der Waals surface area (Å²) < 4.78 is 11.3. The Hall–Kier alpha value is -2.59. The first kappa shape index (κ1) is 29.0. The molecular weight excluding hydrogens is 460 g/mol. The van der Waals surface area contributed by atoms with Crippen molar-refractivity contribution in [1.29, 1.82) is 0 Å². The Kier molecular flexibility index (Phi) is 10.0. The third-order valence-corrected chi connectivity index (χ3v) is 8.34. The van der Waals surface area contributed by atoms with Gasteiger partial charge in [-0.15, -0.1) is 0 Å². The summed E-state index contributed by atoms with van der Waals surface area (Å²) in [5.74, 6) is 0.714. The van der Waals surface area contributed by atoms with Gasteiger partial charge in [0.1, 0.15) is 18.5 Å². The van der Waals surface area contributed by atoms with Gasteiger partial charge in [0.05, 0.1) is 5.60 Å². The number of carbonyl (C=O) groups is 1. The van der Waals surface area contributed by atoms with Gasteiger partial charge in [0.25, 0.3) is 0 Å². The minimum absolute atomic E-state index is 0.0947. The van der Waals surface area contributed by atoms with E-state index in [1.165, 1.54) is 22.3 Å². The van der Waals surface area contributed by atoms with E-state index in [0.29, 0.717) is 25.9 Å². The van der Waals surface area contributed by atoms with Crippen LogP contribution in [-0.4, -0.2) is 29.4 Å². The molecule has 0 spiro atoms. The maximum atomic E-state index is 11.4. The molecule has 2 aromatic carbocycles. The van der Waals surface area contributed by atoms with E-state index in [2.05, 4.69) is 70.2 Å². The second-order valence-corrected chi connectivity index (χ2v) is 10.5. The molecule has 3 rings (SSSR count). The Labute approximate surface area is 224 Å². The van der Waals surface area contributed by atoms with Crippen LogP contribution in [0.2, 0.25) is 0 Å². The summed E-state index contributed by atoms with van der Waals surface area (Å²) in [6.07, 6.45) is 10.6. The van der Waals surface area contributed by atoms with Crippen molar-refractivity contribution in [2.75, 3.05) is 6.61 Å². The third-order valence-electron chi connectivity index (χ3n) is 8.34. The summed E-state index contributed by atoms with van der Waals surface area (Å²) in [5, 5.41) is 10.8. The van der Waals surface area contributed by atoms with Crippen LogP contribution in [0.5, 0.6) is 5.75 Å². The lowest BCUT2D eigenvalue weighted by atomic mass is 9.69. The standard InChI is InChI=1S/C33H46O4/c1-7-12-26-22-28(14-13-25(26)19-20-32(35,8-2)9-3)33(10-4,11-5)27-15-17-30(24(6)21-27)36-23-29-16-18-31(34)37-29/h13-15,17,19-22,29,35H,7-12,16,18,23H2,1-6H3/b20-19+/t29-/m0/s1. The van der Waals surface area contributed by atoms with Crippen molar-refractivity contribution in [3.63, 3.8) is 0 Å². The summed E-state index contributed by atoms with van der Waals surface area (Å²) in [7, 11) is 0. The van der Waals surface area contributed by atoms with Gasteiger partial charge in [0.15, 0.2) is 0 Å². The molecule has 1 fully saturated rings. The highest BCUT2D eigenvalue weighted by atomic mass is 16.6. The van der Waals surface area contributed by atoms with E-state index in [-0.39, 0.29) is 17.5 Å². The van der Waals surface area contributed by atoms with Crippen molar-refractivity contribution < 1.29 is 19.4 Å². The third kappa shape index (κ3) is 6.65. The van der Waals surface area contributed by atoms with Crippen molar-refractivity contribution in [2.45, 2.75) is 110 Å². The molecule has 1 aliphatic heterocycles. The number of hydrogen-bond donors (Lipinski definition) is 1. The van der Waals surface area contributed by atoms with E-state index in [4.69, 9.17) is 9.47 Å². The van der Waals surface area contributed by atoms with Crippen molar-refractivity contribution >= 4 is 12.0 Å². The predicted molar refractivity (Wildman–Crippen MR) is 152 cm³/mol. The van der Waals surface area contributed by atoms with Crippen molar-refractivity contribution in [3.05, 3.63) is 70.3 Å². The highest BCUT2D eigenvalue weighted by Crippen LogP contribution is 2.41. The van der Waals surface area contributed by atoms with Crippen molar-refractivity contribution in [2.24, 2.45) is 0 Å². The molecule has 1 aliphatic rings. The average molecular weight is 507 g/mol. The highest BCUT2D eigenvalue weighted by molar-refractivity contribution is 5.71. The first-order chi connectivity index (χ1) is 17.7. The number of aliphatic hydroxyl groups is 1. The van der Waals surface area contributed by atoms with Gasteiger partial charge in [0, 0.05) is 11.8 Å². The van der Waals surface area contributed by atoms with E-state index in [0.717, 1.165) is 43.4 Å². The number of ether oxygens (including phenoxy) is 2. The van der Waals surface area contributed by atoms with Gasteiger partial charge < -0.3 is 14.6 Å². The maximum absolute atomic E-state index is 11.4. The zero-order chi connectivity index (χ0) is 27.1. The Morgan fingerprint density at radius 2 is 1.68 bits per heavy atom. The monoisotopic (exact) mass is 506 g/mol. The minimum atomic E-state index is -0.750.